The molecule has 0 bridgehead atoms. The lowest BCUT2D eigenvalue weighted by Gasteiger charge is -2.29. The van der Waals surface area contributed by atoms with Crippen LogP contribution in [-0.2, 0) is 0 Å². The highest BCUT2D eigenvalue weighted by Crippen LogP contribution is 2.26. The third-order valence-corrected chi connectivity index (χ3v) is 4.15. The maximum atomic E-state index is 12.4. The summed E-state index contributed by atoms with van der Waals surface area (Å²) >= 11 is 0. The van der Waals surface area contributed by atoms with E-state index >= 15 is 0 Å². The van der Waals surface area contributed by atoms with Crippen molar-refractivity contribution in [2.75, 3.05) is 12.4 Å². The van der Waals surface area contributed by atoms with Crippen LogP contribution in [-0.4, -0.2) is 23.9 Å². The molecule has 2 atom stereocenters. The Bertz CT molecular complexity index is 545. The second kappa shape index (κ2) is 6.56. The Morgan fingerprint density at radius 2 is 2.05 bits per heavy atom. The first-order valence-corrected chi connectivity index (χ1v) is 7.30. The number of amides is 1. The van der Waals surface area contributed by atoms with Crippen molar-refractivity contribution in [2.24, 2.45) is 5.92 Å². The van der Waals surface area contributed by atoms with Gasteiger partial charge in [0.1, 0.15) is 5.56 Å². The van der Waals surface area contributed by atoms with Crippen LogP contribution in [0.5, 0.6) is 0 Å². The molecule has 0 radical (unpaired) electrons. The number of carbonyl (C=O) groups is 1. The largest absolute Gasteiger partial charge is 0.388 e. The van der Waals surface area contributed by atoms with Gasteiger partial charge in [-0.05, 0) is 30.9 Å². The molecule has 1 amide bonds. The number of nitrogens with zero attached hydrogens (tertiary/aromatic N) is 1. The third-order valence-electron chi connectivity index (χ3n) is 4.15. The standard InChI is InChI=1S/C15H21N3O3/c1-10-5-3-4-6-13(10)17-15(19)12-9-11(16-2)7-8-14(12)18(20)21/h7-10,13,16H,3-6H2,1-2H3,(H,17,19). The molecule has 2 N–H and O–H groups in total. The van der Waals surface area contributed by atoms with E-state index in [4.69, 9.17) is 0 Å². The van der Waals surface area contributed by atoms with Crippen molar-refractivity contribution in [3.8, 4) is 0 Å². The van der Waals surface area contributed by atoms with Gasteiger partial charge in [0, 0.05) is 24.8 Å². The number of anilines is 1. The highest BCUT2D eigenvalue weighted by molar-refractivity contribution is 5.99. The lowest BCUT2D eigenvalue weighted by atomic mass is 9.86. The minimum Gasteiger partial charge on any atom is -0.388 e. The van der Waals surface area contributed by atoms with Crippen molar-refractivity contribution < 1.29 is 9.72 Å². The number of nitro benzene ring substituents is 1. The van der Waals surface area contributed by atoms with Crippen LogP contribution in [0.3, 0.4) is 0 Å². The Morgan fingerprint density at radius 3 is 2.67 bits per heavy atom. The van der Waals surface area contributed by atoms with Gasteiger partial charge in [-0.25, -0.2) is 0 Å². The van der Waals surface area contributed by atoms with Crippen LogP contribution < -0.4 is 10.6 Å². The van der Waals surface area contributed by atoms with E-state index in [0.717, 1.165) is 19.3 Å². The average Bonchev–Trinajstić information content (AvgIpc) is 2.48. The summed E-state index contributed by atoms with van der Waals surface area (Å²) in [6, 6.07) is 4.59. The lowest BCUT2D eigenvalue weighted by Crippen LogP contribution is -2.41. The fourth-order valence-electron chi connectivity index (χ4n) is 2.81. The van der Waals surface area contributed by atoms with E-state index in [1.165, 1.54) is 18.6 Å². The Balaban J connectivity index is 2.22. The Morgan fingerprint density at radius 1 is 1.33 bits per heavy atom. The van der Waals surface area contributed by atoms with Gasteiger partial charge in [0.15, 0.2) is 0 Å². The van der Waals surface area contributed by atoms with Crippen LogP contribution >= 0.6 is 0 Å². The van der Waals surface area contributed by atoms with Gasteiger partial charge in [-0.3, -0.25) is 14.9 Å². The maximum Gasteiger partial charge on any atom is 0.282 e. The predicted octanol–water partition coefficient (Wildman–Crippen LogP) is 2.95. The Labute approximate surface area is 124 Å². The molecule has 0 heterocycles. The number of benzene rings is 1. The molecule has 1 aromatic rings. The van der Waals surface area contributed by atoms with Crippen molar-refractivity contribution in [3.63, 3.8) is 0 Å². The molecule has 1 aromatic carbocycles. The van der Waals surface area contributed by atoms with Gasteiger partial charge in [-0.1, -0.05) is 19.8 Å². The monoisotopic (exact) mass is 291 g/mol. The van der Waals surface area contributed by atoms with Gasteiger partial charge < -0.3 is 10.6 Å². The summed E-state index contributed by atoms with van der Waals surface area (Å²) < 4.78 is 0. The molecule has 1 aliphatic rings. The maximum absolute atomic E-state index is 12.4. The van der Waals surface area contributed by atoms with Crippen LogP contribution in [0.25, 0.3) is 0 Å². The topological polar surface area (TPSA) is 84.3 Å². The summed E-state index contributed by atoms with van der Waals surface area (Å²) in [7, 11) is 1.71. The molecule has 114 valence electrons. The molecule has 0 aromatic heterocycles. The van der Waals surface area contributed by atoms with Crippen molar-refractivity contribution in [2.45, 2.75) is 38.6 Å². The average molecular weight is 291 g/mol. The van der Waals surface area contributed by atoms with E-state index < -0.39 is 4.92 Å². The van der Waals surface area contributed by atoms with Crippen LogP contribution in [0.4, 0.5) is 11.4 Å². The molecule has 2 unspecified atom stereocenters. The van der Waals surface area contributed by atoms with E-state index in [1.54, 1.807) is 13.1 Å². The number of hydrogen-bond acceptors (Lipinski definition) is 4. The molecule has 1 fully saturated rings. The molecule has 2 rings (SSSR count). The summed E-state index contributed by atoms with van der Waals surface area (Å²) in [5.74, 6) is 0.0480. The molecule has 21 heavy (non-hydrogen) atoms. The van der Waals surface area contributed by atoms with Crippen LogP contribution in [0.2, 0.25) is 0 Å². The second-order valence-electron chi connectivity index (χ2n) is 5.58. The van der Waals surface area contributed by atoms with Gasteiger partial charge in [-0.15, -0.1) is 0 Å². The van der Waals surface area contributed by atoms with Crippen molar-refractivity contribution in [1.82, 2.24) is 5.32 Å². The SMILES string of the molecule is CNc1ccc([N+](=O)[O-])c(C(=O)NC2CCCCC2C)c1. The smallest absolute Gasteiger partial charge is 0.282 e. The first kappa shape index (κ1) is 15.3. The summed E-state index contributed by atoms with van der Waals surface area (Å²) in [4.78, 5) is 23.0. The van der Waals surface area contributed by atoms with Crippen LogP contribution in [0, 0.1) is 16.0 Å². The first-order valence-electron chi connectivity index (χ1n) is 7.30. The van der Waals surface area contributed by atoms with E-state index in [2.05, 4.69) is 17.6 Å². The fraction of sp³-hybridized carbons (Fsp3) is 0.533. The molecular formula is C15H21N3O3. The van der Waals surface area contributed by atoms with Crippen molar-refractivity contribution in [1.29, 1.82) is 0 Å². The molecule has 6 heteroatoms. The molecule has 6 nitrogen and oxygen atoms in total. The number of nitrogens with one attached hydrogen (secondary N) is 2. The normalized spacial score (nSPS) is 21.6. The quantitative estimate of drug-likeness (QED) is 0.660. The van der Waals surface area contributed by atoms with Crippen molar-refractivity contribution in [3.05, 3.63) is 33.9 Å². The second-order valence-corrected chi connectivity index (χ2v) is 5.58. The number of hydrogen-bond donors (Lipinski definition) is 2. The molecule has 1 aliphatic carbocycles. The summed E-state index contributed by atoms with van der Waals surface area (Å²) in [6.07, 6.45) is 4.30. The summed E-state index contributed by atoms with van der Waals surface area (Å²) in [5.41, 5.74) is 0.641. The lowest BCUT2D eigenvalue weighted by molar-refractivity contribution is -0.385. The van der Waals surface area contributed by atoms with E-state index in [1.807, 2.05) is 0 Å². The van der Waals surface area contributed by atoms with E-state index in [-0.39, 0.29) is 23.2 Å². The number of nitro groups is 1. The van der Waals surface area contributed by atoms with E-state index in [0.29, 0.717) is 11.6 Å². The first-order chi connectivity index (χ1) is 10.0. The zero-order valence-corrected chi connectivity index (χ0v) is 12.4. The van der Waals surface area contributed by atoms with Gasteiger partial charge in [0.25, 0.3) is 11.6 Å². The molecule has 1 saturated carbocycles. The zero-order valence-electron chi connectivity index (χ0n) is 12.4. The number of carbonyl (C=O) groups excluding carboxylic acids is 1. The summed E-state index contributed by atoms with van der Waals surface area (Å²) in [6.45, 7) is 2.11. The minimum atomic E-state index is -0.515. The zero-order chi connectivity index (χ0) is 15.4. The van der Waals surface area contributed by atoms with Gasteiger partial charge in [-0.2, -0.15) is 0 Å². The molecule has 0 aliphatic heterocycles. The number of rotatable bonds is 4. The fourth-order valence-corrected chi connectivity index (χ4v) is 2.81. The Kier molecular flexibility index (Phi) is 4.77. The van der Waals surface area contributed by atoms with Gasteiger partial charge in [0.05, 0.1) is 4.92 Å². The van der Waals surface area contributed by atoms with Crippen LogP contribution in [0.15, 0.2) is 18.2 Å². The molecule has 0 spiro atoms. The van der Waals surface area contributed by atoms with E-state index in [9.17, 15) is 14.9 Å². The summed E-state index contributed by atoms with van der Waals surface area (Å²) in [5, 5.41) is 16.9. The van der Waals surface area contributed by atoms with Gasteiger partial charge >= 0.3 is 0 Å². The highest BCUT2D eigenvalue weighted by atomic mass is 16.6. The van der Waals surface area contributed by atoms with Crippen LogP contribution in [0.1, 0.15) is 43.0 Å². The Hall–Kier alpha value is -2.11. The third kappa shape index (κ3) is 3.51. The van der Waals surface area contributed by atoms with Crippen molar-refractivity contribution >= 4 is 17.3 Å². The minimum absolute atomic E-state index is 0.101. The highest BCUT2D eigenvalue weighted by Gasteiger charge is 2.26. The molecular weight excluding hydrogens is 270 g/mol. The molecule has 0 saturated heterocycles. The van der Waals surface area contributed by atoms with Gasteiger partial charge in [0.2, 0.25) is 0 Å². The predicted molar refractivity (Wildman–Crippen MR) is 81.5 cm³/mol.